The second kappa shape index (κ2) is 58.4. The van der Waals surface area contributed by atoms with E-state index < -0.39 is 6.10 Å². The average molecular weight is 978 g/mol. The van der Waals surface area contributed by atoms with Crippen LogP contribution in [0.3, 0.4) is 0 Å². The summed E-state index contributed by atoms with van der Waals surface area (Å²) >= 11 is 0. The van der Waals surface area contributed by atoms with Crippen molar-refractivity contribution in [2.75, 3.05) is 13.2 Å². The maximum Gasteiger partial charge on any atom is 0.306 e. The Morgan fingerprint density at radius 1 is 0.300 bits per heavy atom. The summed E-state index contributed by atoms with van der Waals surface area (Å²) in [4.78, 5) is 38.2. The zero-order valence-corrected chi connectivity index (χ0v) is 46.3. The number of esters is 3. The fourth-order valence-electron chi connectivity index (χ4n) is 8.47. The van der Waals surface area contributed by atoms with Gasteiger partial charge in [-0.25, -0.2) is 0 Å². The molecule has 1 unspecified atom stereocenters. The number of ether oxygens (including phenoxy) is 3. The minimum Gasteiger partial charge on any atom is -0.462 e. The van der Waals surface area contributed by atoms with Gasteiger partial charge in [-0.1, -0.05) is 261 Å². The second-order valence-electron chi connectivity index (χ2n) is 19.9. The van der Waals surface area contributed by atoms with Crippen molar-refractivity contribution in [2.45, 2.75) is 303 Å². The predicted molar refractivity (Wildman–Crippen MR) is 302 cm³/mol. The van der Waals surface area contributed by atoms with Crippen LogP contribution in [-0.2, 0) is 28.6 Å². The van der Waals surface area contributed by atoms with Gasteiger partial charge in [-0.15, -0.1) is 0 Å². The fourth-order valence-corrected chi connectivity index (χ4v) is 8.47. The zero-order valence-electron chi connectivity index (χ0n) is 46.3. The lowest BCUT2D eigenvalue weighted by Gasteiger charge is -2.18. The van der Waals surface area contributed by atoms with E-state index in [0.29, 0.717) is 19.3 Å². The molecule has 0 aromatic carbocycles. The van der Waals surface area contributed by atoms with Crippen LogP contribution in [0.25, 0.3) is 0 Å². The maximum atomic E-state index is 12.9. The Labute approximate surface area is 433 Å². The van der Waals surface area contributed by atoms with E-state index in [2.05, 4.69) is 93.7 Å². The van der Waals surface area contributed by atoms with Crippen LogP contribution in [0, 0.1) is 0 Å². The highest BCUT2D eigenvalue weighted by Crippen LogP contribution is 2.16. The lowest BCUT2D eigenvalue weighted by atomic mass is 10.0. The van der Waals surface area contributed by atoms with Crippen LogP contribution in [0.5, 0.6) is 0 Å². The van der Waals surface area contributed by atoms with E-state index in [-0.39, 0.29) is 31.1 Å². The molecule has 0 aromatic rings. The topological polar surface area (TPSA) is 78.9 Å². The van der Waals surface area contributed by atoms with Gasteiger partial charge in [0.25, 0.3) is 0 Å². The van der Waals surface area contributed by atoms with Crippen molar-refractivity contribution in [3.8, 4) is 0 Å². The quantitative estimate of drug-likeness (QED) is 0.0261. The van der Waals surface area contributed by atoms with E-state index in [4.69, 9.17) is 14.2 Å². The third-order valence-electron chi connectivity index (χ3n) is 12.9. The monoisotopic (exact) mass is 977 g/mol. The summed E-state index contributed by atoms with van der Waals surface area (Å²) in [5, 5.41) is 0. The molecule has 0 N–H and O–H groups in total. The molecule has 70 heavy (non-hydrogen) atoms. The number of hydrogen-bond acceptors (Lipinski definition) is 6. The summed E-state index contributed by atoms with van der Waals surface area (Å²) in [6, 6.07) is 0. The summed E-state index contributed by atoms with van der Waals surface area (Å²) in [6.45, 7) is 6.51. The molecule has 6 nitrogen and oxygen atoms in total. The summed E-state index contributed by atoms with van der Waals surface area (Å²) in [6.07, 6.45) is 74.6. The SMILES string of the molecule is CC/C=C\C/C=C\C/C=C\C/C=C\CCCCCCC(=O)OC(COC(=O)CCCCCCC/C=C\C/C=C\CCCCCC)COC(=O)CCCCCCCCCCCCCCCCCCCCC. The number of carbonyl (C=O) groups is 3. The van der Waals surface area contributed by atoms with E-state index >= 15 is 0 Å². The van der Waals surface area contributed by atoms with Crippen LogP contribution in [0.15, 0.2) is 72.9 Å². The van der Waals surface area contributed by atoms with Gasteiger partial charge in [0.1, 0.15) is 13.2 Å². The standard InChI is InChI=1S/C64H112O6/c1-4-7-10-13-16-19-22-25-28-31-32-34-36-39-42-45-48-51-54-57-63(66)69-60-61(59-68-62(65)56-53-50-47-44-41-38-35-30-27-24-21-18-15-12-9-6-3)70-64(67)58-55-52-49-46-43-40-37-33-29-26-23-20-17-14-11-8-5-2/h8,11,17,20-21,24,26,29-30,35,37,40,61H,4-7,9-10,12-16,18-19,22-23,25,27-28,31-34,36,38-39,41-60H2,1-3H3/b11-8-,20-17-,24-21-,29-26-,35-30-,40-37-. The summed E-state index contributed by atoms with van der Waals surface area (Å²) in [5.41, 5.74) is 0. The number of rotatable bonds is 54. The first-order valence-corrected chi connectivity index (χ1v) is 29.9. The minimum absolute atomic E-state index is 0.0877. The minimum atomic E-state index is -0.794. The predicted octanol–water partition coefficient (Wildman–Crippen LogP) is 20.2. The molecular weight excluding hydrogens is 865 g/mol. The van der Waals surface area contributed by atoms with Crippen molar-refractivity contribution in [2.24, 2.45) is 0 Å². The van der Waals surface area contributed by atoms with Gasteiger partial charge in [0.2, 0.25) is 0 Å². The van der Waals surface area contributed by atoms with E-state index in [0.717, 1.165) is 116 Å². The highest BCUT2D eigenvalue weighted by atomic mass is 16.6. The van der Waals surface area contributed by atoms with Crippen LogP contribution in [0.4, 0.5) is 0 Å². The Hall–Kier alpha value is -3.15. The smallest absolute Gasteiger partial charge is 0.306 e. The van der Waals surface area contributed by atoms with E-state index in [1.165, 1.54) is 141 Å². The Balaban J connectivity index is 4.41. The fraction of sp³-hybridized carbons (Fsp3) is 0.766. The Bertz CT molecular complexity index is 1310. The third kappa shape index (κ3) is 55.8. The second-order valence-corrected chi connectivity index (χ2v) is 19.9. The lowest BCUT2D eigenvalue weighted by Crippen LogP contribution is -2.30. The van der Waals surface area contributed by atoms with E-state index in [1.807, 2.05) is 0 Å². The Morgan fingerprint density at radius 2 is 0.557 bits per heavy atom. The van der Waals surface area contributed by atoms with Crippen LogP contribution >= 0.6 is 0 Å². The van der Waals surface area contributed by atoms with Gasteiger partial charge in [-0.3, -0.25) is 14.4 Å². The van der Waals surface area contributed by atoms with Gasteiger partial charge >= 0.3 is 17.9 Å². The van der Waals surface area contributed by atoms with Gasteiger partial charge in [0.05, 0.1) is 0 Å². The van der Waals surface area contributed by atoms with E-state index in [9.17, 15) is 14.4 Å². The Morgan fingerprint density at radius 3 is 0.886 bits per heavy atom. The van der Waals surface area contributed by atoms with Gasteiger partial charge in [0.15, 0.2) is 6.10 Å². The molecule has 0 aromatic heterocycles. The van der Waals surface area contributed by atoms with Gasteiger partial charge in [-0.05, 0) is 89.9 Å². The molecule has 0 fully saturated rings. The molecule has 0 saturated heterocycles. The molecule has 0 aliphatic rings. The van der Waals surface area contributed by atoms with Gasteiger partial charge in [-0.2, -0.15) is 0 Å². The van der Waals surface area contributed by atoms with Crippen molar-refractivity contribution in [3.63, 3.8) is 0 Å². The molecule has 0 bridgehead atoms. The molecular formula is C64H112O6. The van der Waals surface area contributed by atoms with Crippen molar-refractivity contribution in [1.82, 2.24) is 0 Å². The number of unbranched alkanes of at least 4 members (excludes halogenated alkanes) is 31. The van der Waals surface area contributed by atoms with E-state index in [1.54, 1.807) is 0 Å². The number of carbonyl (C=O) groups excluding carboxylic acids is 3. The molecule has 0 saturated carbocycles. The first-order valence-electron chi connectivity index (χ1n) is 29.9. The average Bonchev–Trinajstić information content (AvgIpc) is 3.36. The molecule has 0 aliphatic carbocycles. The van der Waals surface area contributed by atoms with Crippen molar-refractivity contribution in [3.05, 3.63) is 72.9 Å². The largest absolute Gasteiger partial charge is 0.462 e. The molecule has 0 radical (unpaired) electrons. The Kier molecular flexibility index (Phi) is 55.8. The van der Waals surface area contributed by atoms with Crippen LogP contribution in [0.2, 0.25) is 0 Å². The molecule has 0 amide bonds. The van der Waals surface area contributed by atoms with Crippen molar-refractivity contribution < 1.29 is 28.6 Å². The number of allylic oxidation sites excluding steroid dienone is 12. The molecule has 0 spiro atoms. The first kappa shape index (κ1) is 66.9. The van der Waals surface area contributed by atoms with Crippen molar-refractivity contribution in [1.29, 1.82) is 0 Å². The highest BCUT2D eigenvalue weighted by Gasteiger charge is 2.19. The lowest BCUT2D eigenvalue weighted by molar-refractivity contribution is -0.167. The van der Waals surface area contributed by atoms with Crippen molar-refractivity contribution >= 4 is 17.9 Å². The molecule has 0 heterocycles. The van der Waals surface area contributed by atoms with Crippen LogP contribution < -0.4 is 0 Å². The van der Waals surface area contributed by atoms with Crippen LogP contribution in [-0.4, -0.2) is 37.2 Å². The summed E-state index contributed by atoms with van der Waals surface area (Å²) in [7, 11) is 0. The number of hydrogen-bond donors (Lipinski definition) is 0. The van der Waals surface area contributed by atoms with Gasteiger partial charge < -0.3 is 14.2 Å². The third-order valence-corrected chi connectivity index (χ3v) is 12.9. The van der Waals surface area contributed by atoms with Crippen LogP contribution in [0.1, 0.15) is 297 Å². The zero-order chi connectivity index (χ0) is 50.7. The molecule has 0 aliphatic heterocycles. The summed E-state index contributed by atoms with van der Waals surface area (Å²) in [5.74, 6) is -0.914. The normalized spacial score (nSPS) is 12.6. The van der Waals surface area contributed by atoms with Gasteiger partial charge in [0, 0.05) is 19.3 Å². The molecule has 6 heteroatoms. The molecule has 0 rings (SSSR count). The summed E-state index contributed by atoms with van der Waals surface area (Å²) < 4.78 is 16.9. The molecule has 404 valence electrons. The molecule has 1 atom stereocenters. The highest BCUT2D eigenvalue weighted by molar-refractivity contribution is 5.71. The maximum absolute atomic E-state index is 12.9. The first-order chi connectivity index (χ1) is 34.5.